The summed E-state index contributed by atoms with van der Waals surface area (Å²) in [6, 6.07) is 2.03. The highest BCUT2D eigenvalue weighted by Gasteiger charge is 2.51. The van der Waals surface area contributed by atoms with Gasteiger partial charge in [-0.2, -0.15) is 0 Å². The molecule has 1 N–H and O–H groups in total. The lowest BCUT2D eigenvalue weighted by Crippen LogP contribution is -2.42. The lowest BCUT2D eigenvalue weighted by atomic mass is 9.66. The molecule has 0 aromatic carbocycles. The van der Waals surface area contributed by atoms with Gasteiger partial charge in [-0.3, -0.25) is 4.79 Å². The van der Waals surface area contributed by atoms with Gasteiger partial charge in [0.1, 0.15) is 5.76 Å². The quantitative estimate of drug-likeness (QED) is 0.744. The van der Waals surface area contributed by atoms with Gasteiger partial charge in [0.15, 0.2) is 0 Å². The summed E-state index contributed by atoms with van der Waals surface area (Å²) < 4.78 is 10.5. The molecule has 1 aromatic heterocycles. The number of fused-ring (bicyclic) bond motifs is 2. The number of hydrogen-bond donors (Lipinski definition) is 1. The summed E-state index contributed by atoms with van der Waals surface area (Å²) in [4.78, 5) is 11.9. The molecule has 0 bridgehead atoms. The first-order valence-corrected chi connectivity index (χ1v) is 6.13. The Morgan fingerprint density at radius 1 is 1.65 bits per heavy atom. The first-order valence-electron chi connectivity index (χ1n) is 6.13. The van der Waals surface area contributed by atoms with E-state index in [9.17, 15) is 4.79 Å². The molecular formula is C13H17NO3. The molecule has 2 heterocycles. The Balaban J connectivity index is 2.04. The van der Waals surface area contributed by atoms with Crippen LogP contribution in [0.1, 0.15) is 24.2 Å². The van der Waals surface area contributed by atoms with Gasteiger partial charge < -0.3 is 14.5 Å². The number of furan rings is 1. The van der Waals surface area contributed by atoms with E-state index in [1.807, 2.05) is 6.07 Å². The van der Waals surface area contributed by atoms with E-state index in [4.69, 9.17) is 9.15 Å². The average Bonchev–Trinajstić information content (AvgIpc) is 2.96. The third kappa shape index (κ3) is 1.43. The van der Waals surface area contributed by atoms with Crippen molar-refractivity contribution in [1.82, 2.24) is 5.32 Å². The van der Waals surface area contributed by atoms with Gasteiger partial charge in [-0.25, -0.2) is 0 Å². The van der Waals surface area contributed by atoms with Crippen LogP contribution in [0.15, 0.2) is 16.7 Å². The molecule has 1 saturated heterocycles. The topological polar surface area (TPSA) is 51.5 Å². The van der Waals surface area contributed by atoms with Gasteiger partial charge in [-0.1, -0.05) is 0 Å². The molecule has 2 aliphatic rings. The first-order chi connectivity index (χ1) is 8.28. The fourth-order valence-corrected chi connectivity index (χ4v) is 3.43. The number of ether oxygens (including phenoxy) is 1. The van der Waals surface area contributed by atoms with E-state index >= 15 is 0 Å². The lowest BCUT2D eigenvalue weighted by molar-refractivity contribution is -0.146. The molecule has 1 spiro atoms. The van der Waals surface area contributed by atoms with Crippen LogP contribution in [0, 0.1) is 5.92 Å². The molecule has 3 rings (SSSR count). The minimum Gasteiger partial charge on any atom is -0.469 e. The lowest BCUT2D eigenvalue weighted by Gasteiger charge is -2.36. The van der Waals surface area contributed by atoms with Crippen molar-refractivity contribution in [3.05, 3.63) is 23.7 Å². The SMILES string of the molecule is COC(=O)C1CNCC12CCCc1occc12. The van der Waals surface area contributed by atoms with Crippen molar-refractivity contribution in [2.24, 2.45) is 5.92 Å². The summed E-state index contributed by atoms with van der Waals surface area (Å²) in [7, 11) is 1.47. The van der Waals surface area contributed by atoms with Crippen LogP contribution in [0.4, 0.5) is 0 Å². The van der Waals surface area contributed by atoms with E-state index in [-0.39, 0.29) is 17.3 Å². The second-order valence-electron chi connectivity index (χ2n) is 4.97. The molecule has 1 aromatic rings. The van der Waals surface area contributed by atoms with Crippen molar-refractivity contribution in [2.75, 3.05) is 20.2 Å². The molecule has 0 radical (unpaired) electrons. The van der Waals surface area contributed by atoms with Gasteiger partial charge >= 0.3 is 5.97 Å². The van der Waals surface area contributed by atoms with Crippen LogP contribution in [0.3, 0.4) is 0 Å². The van der Waals surface area contributed by atoms with Gasteiger partial charge in [0.25, 0.3) is 0 Å². The Morgan fingerprint density at radius 3 is 3.35 bits per heavy atom. The molecule has 4 nitrogen and oxygen atoms in total. The molecule has 1 fully saturated rings. The second-order valence-corrected chi connectivity index (χ2v) is 4.97. The van der Waals surface area contributed by atoms with Gasteiger partial charge in [-0.15, -0.1) is 0 Å². The molecule has 2 atom stereocenters. The maximum absolute atomic E-state index is 11.9. The summed E-state index contributed by atoms with van der Waals surface area (Å²) in [5.41, 5.74) is 1.11. The predicted octanol–water partition coefficient (Wildman–Crippen LogP) is 1.25. The fourth-order valence-electron chi connectivity index (χ4n) is 3.43. The molecule has 1 aliphatic carbocycles. The molecule has 17 heavy (non-hydrogen) atoms. The van der Waals surface area contributed by atoms with Gasteiger partial charge in [-0.05, 0) is 18.9 Å². The molecule has 1 aliphatic heterocycles. The monoisotopic (exact) mass is 235 g/mol. The summed E-state index contributed by atoms with van der Waals surface area (Å²) in [6.07, 6.45) is 4.84. The molecule has 92 valence electrons. The van der Waals surface area contributed by atoms with Crippen molar-refractivity contribution < 1.29 is 13.9 Å². The number of nitrogens with one attached hydrogen (secondary N) is 1. The number of aryl methyl sites for hydroxylation is 1. The van der Waals surface area contributed by atoms with Crippen LogP contribution >= 0.6 is 0 Å². The summed E-state index contributed by atoms with van der Waals surface area (Å²) >= 11 is 0. The van der Waals surface area contributed by atoms with Crippen LogP contribution in [-0.4, -0.2) is 26.2 Å². The van der Waals surface area contributed by atoms with Crippen molar-refractivity contribution >= 4 is 5.97 Å². The van der Waals surface area contributed by atoms with E-state index in [0.717, 1.165) is 31.6 Å². The fraction of sp³-hybridized carbons (Fsp3) is 0.615. The van der Waals surface area contributed by atoms with Crippen molar-refractivity contribution in [1.29, 1.82) is 0 Å². The zero-order valence-electron chi connectivity index (χ0n) is 9.99. The summed E-state index contributed by atoms with van der Waals surface area (Å²) in [5, 5.41) is 3.34. The van der Waals surface area contributed by atoms with Gasteiger partial charge in [0.2, 0.25) is 0 Å². The number of methoxy groups -OCH3 is 1. The van der Waals surface area contributed by atoms with Crippen molar-refractivity contribution in [3.63, 3.8) is 0 Å². The molecule has 0 saturated carbocycles. The average molecular weight is 235 g/mol. The number of esters is 1. The van der Waals surface area contributed by atoms with Crippen LogP contribution in [0.5, 0.6) is 0 Å². The summed E-state index contributed by atoms with van der Waals surface area (Å²) in [6.45, 7) is 1.55. The van der Waals surface area contributed by atoms with Gasteiger partial charge in [0.05, 0.1) is 19.3 Å². The van der Waals surface area contributed by atoms with Crippen LogP contribution in [-0.2, 0) is 21.4 Å². The Hall–Kier alpha value is -1.29. The van der Waals surface area contributed by atoms with E-state index in [1.54, 1.807) is 6.26 Å². The molecule has 2 unspecified atom stereocenters. The largest absolute Gasteiger partial charge is 0.469 e. The number of carbonyl (C=O) groups is 1. The number of carbonyl (C=O) groups excluding carboxylic acids is 1. The van der Waals surface area contributed by atoms with Crippen LogP contribution < -0.4 is 5.32 Å². The smallest absolute Gasteiger partial charge is 0.310 e. The molecule has 4 heteroatoms. The Bertz CT molecular complexity index is 440. The van der Waals surface area contributed by atoms with Crippen molar-refractivity contribution in [3.8, 4) is 0 Å². The zero-order valence-corrected chi connectivity index (χ0v) is 9.99. The highest BCUT2D eigenvalue weighted by Crippen LogP contribution is 2.45. The third-order valence-electron chi connectivity index (χ3n) is 4.25. The van der Waals surface area contributed by atoms with Crippen molar-refractivity contribution in [2.45, 2.75) is 24.7 Å². The highest BCUT2D eigenvalue weighted by atomic mass is 16.5. The third-order valence-corrected chi connectivity index (χ3v) is 4.25. The van der Waals surface area contributed by atoms with Gasteiger partial charge in [0, 0.05) is 30.5 Å². The maximum atomic E-state index is 11.9. The number of rotatable bonds is 1. The standard InChI is InChI=1S/C13H17NO3/c1-16-12(15)10-7-14-8-13(10)5-2-3-11-9(13)4-6-17-11/h4,6,10,14H,2-3,5,7-8H2,1H3. The van der Waals surface area contributed by atoms with E-state index in [1.165, 1.54) is 12.7 Å². The highest BCUT2D eigenvalue weighted by molar-refractivity contribution is 5.76. The minimum atomic E-state index is -0.107. The molecule has 0 amide bonds. The molecular weight excluding hydrogens is 218 g/mol. The zero-order chi connectivity index (χ0) is 11.9. The number of hydrogen-bond acceptors (Lipinski definition) is 4. The van der Waals surface area contributed by atoms with E-state index in [0.29, 0.717) is 6.54 Å². The van der Waals surface area contributed by atoms with Crippen LogP contribution in [0.2, 0.25) is 0 Å². The summed E-state index contributed by atoms with van der Waals surface area (Å²) in [5.74, 6) is 0.863. The Morgan fingerprint density at radius 2 is 2.53 bits per heavy atom. The maximum Gasteiger partial charge on any atom is 0.310 e. The van der Waals surface area contributed by atoms with E-state index in [2.05, 4.69) is 5.32 Å². The predicted molar refractivity (Wildman–Crippen MR) is 61.7 cm³/mol. The minimum absolute atomic E-state index is 0.0795. The first kappa shape index (κ1) is 10.8. The second kappa shape index (κ2) is 3.88. The van der Waals surface area contributed by atoms with Crippen LogP contribution in [0.25, 0.3) is 0 Å². The Kier molecular flexibility index (Phi) is 2.47. The van der Waals surface area contributed by atoms with E-state index < -0.39 is 0 Å². The Labute approximate surface area is 100 Å². The normalized spacial score (nSPS) is 31.5.